The van der Waals surface area contributed by atoms with Gasteiger partial charge in [0.15, 0.2) is 0 Å². The lowest BCUT2D eigenvalue weighted by molar-refractivity contribution is -0.129. The van der Waals surface area contributed by atoms with Crippen LogP contribution in [0.4, 0.5) is 0 Å². The monoisotopic (exact) mass is 397 g/mol. The zero-order valence-electron chi connectivity index (χ0n) is 17.5. The Morgan fingerprint density at radius 1 is 1.21 bits per heavy atom. The number of amides is 2. The molecule has 1 fully saturated rings. The van der Waals surface area contributed by atoms with Crippen LogP contribution in [0.3, 0.4) is 0 Å². The van der Waals surface area contributed by atoms with Crippen molar-refractivity contribution in [2.45, 2.75) is 58.0 Å². The summed E-state index contributed by atoms with van der Waals surface area (Å²) in [6, 6.07) is 9.06. The zero-order chi connectivity index (χ0) is 21.0. The van der Waals surface area contributed by atoms with Crippen LogP contribution in [0.2, 0.25) is 0 Å². The minimum Gasteiger partial charge on any atom is -0.347 e. The lowest BCUT2D eigenvalue weighted by atomic mass is 9.83. The predicted octanol–water partition coefficient (Wildman–Crippen LogP) is 3.20. The van der Waals surface area contributed by atoms with Crippen molar-refractivity contribution in [3.05, 3.63) is 36.0 Å². The van der Waals surface area contributed by atoms with Crippen molar-refractivity contribution in [2.75, 3.05) is 0 Å². The first-order valence-electron chi connectivity index (χ1n) is 10.5. The Hall–Kier alpha value is -2.63. The van der Waals surface area contributed by atoms with E-state index in [9.17, 15) is 14.4 Å². The summed E-state index contributed by atoms with van der Waals surface area (Å²) in [5, 5.41) is 6.99. The van der Waals surface area contributed by atoms with Gasteiger partial charge in [-0.05, 0) is 37.3 Å². The fourth-order valence-corrected chi connectivity index (χ4v) is 4.31. The van der Waals surface area contributed by atoms with Gasteiger partial charge in [-0.15, -0.1) is 0 Å². The molecule has 0 radical (unpaired) electrons. The summed E-state index contributed by atoms with van der Waals surface area (Å²) in [4.78, 5) is 37.2. The maximum atomic E-state index is 13.0. The molecule has 1 aliphatic carbocycles. The Bertz CT molecular complexity index is 887. The van der Waals surface area contributed by atoms with Gasteiger partial charge in [0.25, 0.3) is 5.91 Å². The van der Waals surface area contributed by atoms with Crippen molar-refractivity contribution in [2.24, 2.45) is 18.9 Å². The van der Waals surface area contributed by atoms with Crippen molar-refractivity contribution >= 4 is 29.0 Å². The Morgan fingerprint density at radius 2 is 1.93 bits per heavy atom. The molecule has 1 heterocycles. The molecular weight excluding hydrogens is 366 g/mol. The van der Waals surface area contributed by atoms with Gasteiger partial charge < -0.3 is 20.0 Å². The fourth-order valence-electron chi connectivity index (χ4n) is 4.31. The highest BCUT2D eigenvalue weighted by atomic mass is 16.2. The maximum absolute atomic E-state index is 13.0. The smallest absolute Gasteiger partial charge is 0.268 e. The number of aryl methyl sites for hydroxylation is 1. The van der Waals surface area contributed by atoms with Crippen LogP contribution in [-0.2, 0) is 16.6 Å². The number of aldehydes is 1. The number of aromatic nitrogens is 1. The summed E-state index contributed by atoms with van der Waals surface area (Å²) in [6.07, 6.45) is 4.85. The molecule has 3 atom stereocenters. The molecule has 2 N–H and O–H groups in total. The first kappa shape index (κ1) is 21.1. The number of benzene rings is 1. The topological polar surface area (TPSA) is 80.2 Å². The van der Waals surface area contributed by atoms with E-state index in [1.807, 2.05) is 55.8 Å². The third-order valence-electron chi connectivity index (χ3n) is 5.82. The second kappa shape index (κ2) is 9.25. The summed E-state index contributed by atoms with van der Waals surface area (Å²) >= 11 is 0. The average Bonchev–Trinajstić information content (AvgIpc) is 3.04. The van der Waals surface area contributed by atoms with Gasteiger partial charge in [0.05, 0.1) is 12.0 Å². The summed E-state index contributed by atoms with van der Waals surface area (Å²) in [7, 11) is 1.88. The lowest BCUT2D eigenvalue weighted by Crippen LogP contribution is -2.50. The fraction of sp³-hybridized carbons (Fsp3) is 0.522. The quantitative estimate of drug-likeness (QED) is 0.704. The normalized spacial score (nSPS) is 20.4. The van der Waals surface area contributed by atoms with E-state index in [0.717, 1.165) is 42.9 Å². The zero-order valence-corrected chi connectivity index (χ0v) is 17.5. The summed E-state index contributed by atoms with van der Waals surface area (Å²) in [5.74, 6) is -0.289. The number of fused-ring (bicyclic) bond motifs is 1. The number of carbonyl (C=O) groups is 3. The summed E-state index contributed by atoms with van der Waals surface area (Å²) in [5.41, 5.74) is 1.58. The van der Waals surface area contributed by atoms with Crippen LogP contribution in [0.5, 0.6) is 0 Å². The molecule has 29 heavy (non-hydrogen) atoms. The Kier molecular flexibility index (Phi) is 6.72. The molecule has 1 aromatic carbocycles. The second-order valence-corrected chi connectivity index (χ2v) is 8.50. The number of nitrogens with one attached hydrogen (secondary N) is 2. The van der Waals surface area contributed by atoms with Crippen LogP contribution in [0.25, 0.3) is 10.9 Å². The highest BCUT2D eigenvalue weighted by Gasteiger charge is 2.33. The second-order valence-electron chi connectivity index (χ2n) is 8.50. The van der Waals surface area contributed by atoms with E-state index in [-0.39, 0.29) is 23.8 Å². The molecule has 0 aliphatic heterocycles. The van der Waals surface area contributed by atoms with E-state index < -0.39 is 6.04 Å². The molecule has 1 aliphatic rings. The van der Waals surface area contributed by atoms with E-state index in [1.54, 1.807) is 0 Å². The maximum Gasteiger partial charge on any atom is 0.268 e. The highest BCUT2D eigenvalue weighted by Crippen LogP contribution is 2.26. The summed E-state index contributed by atoms with van der Waals surface area (Å²) in [6.45, 7) is 4.05. The third kappa shape index (κ3) is 4.86. The van der Waals surface area contributed by atoms with Crippen LogP contribution >= 0.6 is 0 Å². The Morgan fingerprint density at radius 3 is 2.62 bits per heavy atom. The molecule has 2 aromatic rings. The molecule has 3 unspecified atom stereocenters. The van der Waals surface area contributed by atoms with E-state index >= 15 is 0 Å². The number of hydrogen-bond acceptors (Lipinski definition) is 3. The predicted molar refractivity (Wildman–Crippen MR) is 114 cm³/mol. The molecule has 3 rings (SSSR count). The van der Waals surface area contributed by atoms with Crippen molar-refractivity contribution in [3.63, 3.8) is 0 Å². The first-order valence-corrected chi connectivity index (χ1v) is 10.5. The van der Waals surface area contributed by atoms with Crippen molar-refractivity contribution in [3.8, 4) is 0 Å². The molecular formula is C23H31N3O3. The van der Waals surface area contributed by atoms with E-state index in [1.165, 1.54) is 0 Å². The number of carbonyl (C=O) groups excluding carboxylic acids is 3. The van der Waals surface area contributed by atoms with Crippen LogP contribution < -0.4 is 10.6 Å². The number of rotatable bonds is 7. The molecule has 1 saturated carbocycles. The molecule has 0 saturated heterocycles. The van der Waals surface area contributed by atoms with Gasteiger partial charge >= 0.3 is 0 Å². The van der Waals surface area contributed by atoms with Crippen LogP contribution in [-0.4, -0.2) is 34.8 Å². The lowest BCUT2D eigenvalue weighted by Gasteiger charge is -2.32. The SMILES string of the molecule is CC(C)CC(C=O)NC(=O)C1CCCCC1NC(=O)c1cc2ccccc2n1C. The highest BCUT2D eigenvalue weighted by molar-refractivity contribution is 5.99. The van der Waals surface area contributed by atoms with E-state index in [4.69, 9.17) is 0 Å². The molecule has 2 amide bonds. The van der Waals surface area contributed by atoms with Crippen molar-refractivity contribution in [1.82, 2.24) is 15.2 Å². The van der Waals surface area contributed by atoms with Crippen LogP contribution in [0, 0.1) is 11.8 Å². The largest absolute Gasteiger partial charge is 0.347 e. The van der Waals surface area contributed by atoms with Crippen molar-refractivity contribution < 1.29 is 14.4 Å². The number of hydrogen-bond donors (Lipinski definition) is 2. The minimum atomic E-state index is -0.473. The van der Waals surface area contributed by atoms with Crippen LogP contribution in [0.15, 0.2) is 30.3 Å². The molecule has 6 heteroatoms. The van der Waals surface area contributed by atoms with Crippen LogP contribution in [0.1, 0.15) is 56.4 Å². The van der Waals surface area contributed by atoms with Gasteiger partial charge in [0.1, 0.15) is 12.0 Å². The van der Waals surface area contributed by atoms with E-state index in [2.05, 4.69) is 10.6 Å². The summed E-state index contributed by atoms with van der Waals surface area (Å²) < 4.78 is 1.88. The van der Waals surface area contributed by atoms with Gasteiger partial charge in [-0.2, -0.15) is 0 Å². The minimum absolute atomic E-state index is 0.134. The van der Waals surface area contributed by atoms with Gasteiger partial charge in [-0.1, -0.05) is 44.9 Å². The standard InChI is InChI=1S/C23H31N3O3/c1-15(2)12-17(14-27)24-22(28)18-9-5-6-10-19(18)25-23(29)21-13-16-8-4-7-11-20(16)26(21)3/h4,7-8,11,13-15,17-19H,5-6,9-10,12H2,1-3H3,(H,24,28)(H,25,29). The molecule has 156 valence electrons. The number of nitrogens with zero attached hydrogens (tertiary/aromatic N) is 1. The van der Waals surface area contributed by atoms with Gasteiger partial charge in [-0.3, -0.25) is 9.59 Å². The third-order valence-corrected chi connectivity index (χ3v) is 5.82. The molecule has 0 bridgehead atoms. The average molecular weight is 398 g/mol. The Labute approximate surface area is 172 Å². The van der Waals surface area contributed by atoms with Crippen molar-refractivity contribution in [1.29, 1.82) is 0 Å². The van der Waals surface area contributed by atoms with Gasteiger partial charge in [0, 0.05) is 24.0 Å². The molecule has 0 spiro atoms. The number of para-hydroxylation sites is 1. The van der Waals surface area contributed by atoms with Gasteiger partial charge in [0.2, 0.25) is 5.91 Å². The van der Waals surface area contributed by atoms with E-state index in [0.29, 0.717) is 18.0 Å². The molecule has 1 aromatic heterocycles. The van der Waals surface area contributed by atoms with Gasteiger partial charge in [-0.25, -0.2) is 0 Å². The first-order chi connectivity index (χ1) is 13.9. The Balaban J connectivity index is 1.72. The molecule has 6 nitrogen and oxygen atoms in total.